The van der Waals surface area contributed by atoms with Crippen LogP contribution in [0.5, 0.6) is 0 Å². The third-order valence-corrected chi connectivity index (χ3v) is 3.63. The lowest BCUT2D eigenvalue weighted by molar-refractivity contribution is 0.141. The zero-order chi connectivity index (χ0) is 13.9. The van der Waals surface area contributed by atoms with Crippen molar-refractivity contribution in [1.82, 2.24) is 9.55 Å². The Labute approximate surface area is 129 Å². The second-order valence-electron chi connectivity index (χ2n) is 4.25. The Morgan fingerprint density at radius 2 is 1.80 bits per heavy atom. The molecule has 3 rings (SSSR count). The largest absolute Gasteiger partial charge is 0.444 e. The minimum absolute atomic E-state index is 0.252. The van der Waals surface area contributed by atoms with Crippen LogP contribution in [0.3, 0.4) is 0 Å². The summed E-state index contributed by atoms with van der Waals surface area (Å²) in [6.45, 7) is 0.252. The Hall–Kier alpha value is -1.89. The van der Waals surface area contributed by atoms with Gasteiger partial charge in [0, 0.05) is 22.6 Å². The van der Waals surface area contributed by atoms with Crippen molar-refractivity contribution in [1.29, 1.82) is 0 Å². The van der Waals surface area contributed by atoms with Gasteiger partial charge in [-0.25, -0.2) is 14.3 Å². The summed E-state index contributed by atoms with van der Waals surface area (Å²) in [5.74, 6) is 0. The number of benzene rings is 2. The van der Waals surface area contributed by atoms with Gasteiger partial charge in [-0.1, -0.05) is 42.5 Å². The zero-order valence-electron chi connectivity index (χ0n) is 10.5. The number of ether oxygens (including phenoxy) is 1. The maximum Gasteiger partial charge on any atom is 0.420 e. The number of hydrogen-bond acceptors (Lipinski definition) is 3. The summed E-state index contributed by atoms with van der Waals surface area (Å²) in [4.78, 5) is 16.5. The summed E-state index contributed by atoms with van der Waals surface area (Å²) in [7, 11) is 0. The highest BCUT2D eigenvalue weighted by atomic mass is 127. The molecule has 0 atom stereocenters. The molecule has 3 aromatic rings. The third kappa shape index (κ3) is 2.53. The number of rotatable bonds is 2. The van der Waals surface area contributed by atoms with E-state index in [0.717, 1.165) is 16.6 Å². The first kappa shape index (κ1) is 13.1. The van der Waals surface area contributed by atoms with Crippen LogP contribution in [-0.4, -0.2) is 15.6 Å². The molecule has 20 heavy (non-hydrogen) atoms. The number of nitrogens with zero attached hydrogens (tertiary/aromatic N) is 2. The molecular formula is C15H11IN2O2. The Morgan fingerprint density at radius 3 is 2.60 bits per heavy atom. The van der Waals surface area contributed by atoms with Crippen LogP contribution in [-0.2, 0) is 11.3 Å². The molecular weight excluding hydrogens is 367 g/mol. The molecule has 0 fully saturated rings. The average molecular weight is 378 g/mol. The van der Waals surface area contributed by atoms with Gasteiger partial charge in [-0.15, -0.1) is 0 Å². The van der Waals surface area contributed by atoms with E-state index >= 15 is 0 Å². The molecule has 2 aromatic carbocycles. The van der Waals surface area contributed by atoms with E-state index in [-0.39, 0.29) is 6.61 Å². The van der Waals surface area contributed by atoms with Crippen LogP contribution < -0.4 is 0 Å². The second-order valence-corrected chi connectivity index (χ2v) is 5.21. The maximum absolute atomic E-state index is 12.2. The molecule has 0 spiro atoms. The minimum atomic E-state index is -0.410. The topological polar surface area (TPSA) is 44.1 Å². The summed E-state index contributed by atoms with van der Waals surface area (Å²) in [5, 5.41) is 0. The van der Waals surface area contributed by atoms with Crippen LogP contribution in [0.4, 0.5) is 4.79 Å². The number of fused-ring (bicyclic) bond motifs is 1. The van der Waals surface area contributed by atoms with Crippen molar-refractivity contribution in [2.24, 2.45) is 0 Å². The van der Waals surface area contributed by atoms with E-state index in [0.29, 0.717) is 3.83 Å². The highest BCUT2D eigenvalue weighted by Crippen LogP contribution is 2.18. The maximum atomic E-state index is 12.2. The first-order valence-corrected chi connectivity index (χ1v) is 7.17. The molecule has 0 bridgehead atoms. The van der Waals surface area contributed by atoms with Crippen LogP contribution >= 0.6 is 22.6 Å². The first-order chi connectivity index (χ1) is 9.75. The van der Waals surface area contributed by atoms with E-state index in [4.69, 9.17) is 4.74 Å². The van der Waals surface area contributed by atoms with E-state index in [1.807, 2.05) is 77.2 Å². The molecule has 0 radical (unpaired) electrons. The van der Waals surface area contributed by atoms with Gasteiger partial charge in [0.15, 0.2) is 3.83 Å². The monoisotopic (exact) mass is 378 g/mol. The fourth-order valence-electron chi connectivity index (χ4n) is 1.95. The van der Waals surface area contributed by atoms with Gasteiger partial charge in [0.2, 0.25) is 0 Å². The molecule has 1 aromatic heterocycles. The summed E-state index contributed by atoms with van der Waals surface area (Å²) < 4.78 is 7.42. The molecule has 0 N–H and O–H groups in total. The molecule has 0 saturated heterocycles. The second kappa shape index (κ2) is 5.62. The Balaban J connectivity index is 1.84. The van der Waals surface area contributed by atoms with Gasteiger partial charge in [-0.05, 0) is 17.7 Å². The summed E-state index contributed by atoms with van der Waals surface area (Å²) in [6.07, 6.45) is -0.410. The lowest BCUT2D eigenvalue weighted by Gasteiger charge is -2.06. The quantitative estimate of drug-likeness (QED) is 0.637. The van der Waals surface area contributed by atoms with E-state index in [1.54, 1.807) is 0 Å². The van der Waals surface area contributed by atoms with Crippen LogP contribution in [0.15, 0.2) is 54.6 Å². The lowest BCUT2D eigenvalue weighted by atomic mass is 10.2. The highest BCUT2D eigenvalue weighted by molar-refractivity contribution is 14.1. The molecule has 0 saturated carbocycles. The molecule has 4 nitrogen and oxygen atoms in total. The number of aromatic nitrogens is 2. The molecule has 0 amide bonds. The molecule has 0 aliphatic rings. The molecule has 0 unspecified atom stereocenters. The van der Waals surface area contributed by atoms with E-state index in [1.165, 1.54) is 4.57 Å². The number of para-hydroxylation sites is 2. The van der Waals surface area contributed by atoms with Gasteiger partial charge in [0.05, 0.1) is 11.0 Å². The fraction of sp³-hybridized carbons (Fsp3) is 0.0667. The third-order valence-electron chi connectivity index (χ3n) is 2.91. The number of halogens is 1. The fourth-order valence-corrected chi connectivity index (χ4v) is 2.67. The van der Waals surface area contributed by atoms with Crippen LogP contribution in [0.25, 0.3) is 11.0 Å². The molecule has 100 valence electrons. The van der Waals surface area contributed by atoms with Gasteiger partial charge < -0.3 is 4.74 Å². The average Bonchev–Trinajstić information content (AvgIpc) is 2.82. The van der Waals surface area contributed by atoms with Crippen molar-refractivity contribution in [3.05, 3.63) is 64.0 Å². The zero-order valence-corrected chi connectivity index (χ0v) is 12.6. The van der Waals surface area contributed by atoms with Crippen molar-refractivity contribution in [3.8, 4) is 0 Å². The summed E-state index contributed by atoms with van der Waals surface area (Å²) >= 11 is 2.03. The van der Waals surface area contributed by atoms with Crippen LogP contribution in [0.2, 0.25) is 0 Å². The smallest absolute Gasteiger partial charge is 0.420 e. The lowest BCUT2D eigenvalue weighted by Crippen LogP contribution is -2.15. The van der Waals surface area contributed by atoms with E-state index in [9.17, 15) is 4.79 Å². The van der Waals surface area contributed by atoms with Crippen LogP contribution in [0.1, 0.15) is 5.56 Å². The number of imidazole rings is 1. The Bertz CT molecular complexity index is 753. The van der Waals surface area contributed by atoms with Crippen molar-refractivity contribution in [2.45, 2.75) is 6.61 Å². The number of carbonyl (C=O) groups is 1. The molecule has 1 heterocycles. The van der Waals surface area contributed by atoms with Gasteiger partial charge in [0.1, 0.15) is 6.61 Å². The Morgan fingerprint density at radius 1 is 1.10 bits per heavy atom. The van der Waals surface area contributed by atoms with Gasteiger partial charge in [-0.2, -0.15) is 0 Å². The van der Waals surface area contributed by atoms with Crippen molar-refractivity contribution >= 4 is 39.7 Å². The predicted molar refractivity (Wildman–Crippen MR) is 84.5 cm³/mol. The van der Waals surface area contributed by atoms with Crippen molar-refractivity contribution < 1.29 is 9.53 Å². The van der Waals surface area contributed by atoms with Crippen LogP contribution in [0, 0.1) is 3.83 Å². The van der Waals surface area contributed by atoms with E-state index < -0.39 is 6.09 Å². The molecule has 5 heteroatoms. The number of hydrogen-bond donors (Lipinski definition) is 0. The normalized spacial score (nSPS) is 10.7. The number of carbonyl (C=O) groups excluding carboxylic acids is 1. The summed E-state index contributed by atoms with van der Waals surface area (Å²) in [5.41, 5.74) is 2.50. The molecule has 0 aliphatic heterocycles. The predicted octanol–water partition coefficient (Wildman–Crippen LogP) is 3.83. The minimum Gasteiger partial charge on any atom is -0.444 e. The van der Waals surface area contributed by atoms with Gasteiger partial charge in [0.25, 0.3) is 0 Å². The molecule has 0 aliphatic carbocycles. The Kier molecular flexibility index (Phi) is 3.68. The summed E-state index contributed by atoms with van der Waals surface area (Å²) in [6, 6.07) is 17.1. The van der Waals surface area contributed by atoms with Gasteiger partial charge >= 0.3 is 6.09 Å². The van der Waals surface area contributed by atoms with Crippen molar-refractivity contribution in [3.63, 3.8) is 0 Å². The van der Waals surface area contributed by atoms with Crippen molar-refractivity contribution in [2.75, 3.05) is 0 Å². The SMILES string of the molecule is O=C(OCc1ccccc1)n1c(I)nc2ccccc21. The first-order valence-electron chi connectivity index (χ1n) is 6.10. The highest BCUT2D eigenvalue weighted by Gasteiger charge is 2.15. The van der Waals surface area contributed by atoms with Gasteiger partial charge in [-0.3, -0.25) is 0 Å². The standard InChI is InChI=1S/C15H11IN2O2/c16-14-17-12-8-4-5-9-13(12)18(14)15(19)20-10-11-6-2-1-3-7-11/h1-9H,10H2. The van der Waals surface area contributed by atoms with E-state index in [2.05, 4.69) is 4.98 Å².